The van der Waals surface area contributed by atoms with Crippen molar-refractivity contribution in [3.8, 4) is 6.07 Å². The Kier molecular flexibility index (Phi) is 3.86. The zero-order valence-electron chi connectivity index (χ0n) is 11.1. The first kappa shape index (κ1) is 13.4. The molecule has 7 heteroatoms. The smallest absolute Gasteiger partial charge is 0.230 e. The van der Waals surface area contributed by atoms with E-state index in [0.717, 1.165) is 5.56 Å². The number of allylic oxidation sites excluding steroid dienone is 1. The van der Waals surface area contributed by atoms with Crippen LogP contribution in [0.1, 0.15) is 11.4 Å². The van der Waals surface area contributed by atoms with Crippen molar-refractivity contribution in [2.45, 2.75) is 0 Å². The molecule has 2 heterocycles. The Labute approximate surface area is 116 Å². The minimum Gasteiger partial charge on any atom is -0.368 e. The van der Waals surface area contributed by atoms with Crippen molar-refractivity contribution >= 4 is 23.5 Å². The molecule has 2 rings (SSSR count). The molecule has 0 atom stereocenters. The molecule has 2 aromatic rings. The molecular weight excluding hydrogens is 254 g/mol. The quantitative estimate of drug-likeness (QED) is 0.826. The molecule has 20 heavy (non-hydrogen) atoms. The van der Waals surface area contributed by atoms with Crippen molar-refractivity contribution in [1.29, 1.82) is 5.26 Å². The van der Waals surface area contributed by atoms with Gasteiger partial charge in [-0.3, -0.25) is 4.98 Å². The number of rotatable bonds is 3. The van der Waals surface area contributed by atoms with Crippen molar-refractivity contribution < 1.29 is 0 Å². The van der Waals surface area contributed by atoms with Gasteiger partial charge >= 0.3 is 0 Å². The first-order chi connectivity index (χ1) is 9.60. The van der Waals surface area contributed by atoms with Crippen molar-refractivity contribution in [3.05, 3.63) is 35.9 Å². The van der Waals surface area contributed by atoms with Crippen LogP contribution in [-0.2, 0) is 0 Å². The number of hydrogen-bond donors (Lipinski definition) is 1. The lowest BCUT2D eigenvalue weighted by atomic mass is 10.2. The highest BCUT2D eigenvalue weighted by atomic mass is 15.3. The van der Waals surface area contributed by atoms with Crippen LogP contribution in [0.3, 0.4) is 0 Å². The summed E-state index contributed by atoms with van der Waals surface area (Å²) in [6.45, 7) is 0. The standard InChI is InChI=1S/C13H13N7/c1-20(2)13-18-11(17-12(15)19-13)10(7-14)6-9-4-3-5-16-8-9/h3-6,8H,1-2H3,(H2,15,17,18,19)/b10-6+. The van der Waals surface area contributed by atoms with E-state index in [0.29, 0.717) is 11.5 Å². The molecule has 2 aromatic heterocycles. The summed E-state index contributed by atoms with van der Waals surface area (Å²) in [6.07, 6.45) is 4.96. The molecule has 0 saturated heterocycles. The van der Waals surface area contributed by atoms with Gasteiger partial charge in [-0.1, -0.05) is 6.07 Å². The molecule has 2 N–H and O–H groups in total. The minimum atomic E-state index is 0.0750. The van der Waals surface area contributed by atoms with Crippen LogP contribution >= 0.6 is 0 Å². The maximum atomic E-state index is 9.27. The van der Waals surface area contributed by atoms with Gasteiger partial charge in [-0.25, -0.2) is 0 Å². The van der Waals surface area contributed by atoms with Gasteiger partial charge in [0.25, 0.3) is 0 Å². The third-order valence-electron chi connectivity index (χ3n) is 2.40. The number of aromatic nitrogens is 4. The summed E-state index contributed by atoms with van der Waals surface area (Å²) >= 11 is 0. The van der Waals surface area contributed by atoms with E-state index in [1.54, 1.807) is 43.5 Å². The average molecular weight is 267 g/mol. The van der Waals surface area contributed by atoms with Gasteiger partial charge in [-0.05, 0) is 17.7 Å². The predicted octanol–water partition coefficient (Wildman–Crippen LogP) is 0.979. The first-order valence-corrected chi connectivity index (χ1v) is 5.81. The van der Waals surface area contributed by atoms with Crippen molar-refractivity contribution in [2.75, 3.05) is 24.7 Å². The monoisotopic (exact) mass is 267 g/mol. The lowest BCUT2D eigenvalue weighted by molar-refractivity contribution is 0.952. The third kappa shape index (κ3) is 3.05. The zero-order valence-corrected chi connectivity index (χ0v) is 11.1. The van der Waals surface area contributed by atoms with Crippen LogP contribution in [0.4, 0.5) is 11.9 Å². The largest absolute Gasteiger partial charge is 0.368 e. The highest BCUT2D eigenvalue weighted by Gasteiger charge is 2.10. The number of pyridine rings is 1. The summed E-state index contributed by atoms with van der Waals surface area (Å²) in [4.78, 5) is 17.9. The maximum Gasteiger partial charge on any atom is 0.230 e. The second-order valence-corrected chi connectivity index (χ2v) is 4.17. The molecule has 100 valence electrons. The van der Waals surface area contributed by atoms with Gasteiger partial charge in [-0.2, -0.15) is 20.2 Å². The van der Waals surface area contributed by atoms with Crippen molar-refractivity contribution in [2.24, 2.45) is 0 Å². The lowest BCUT2D eigenvalue weighted by Crippen LogP contribution is -2.15. The Morgan fingerprint density at radius 2 is 2.15 bits per heavy atom. The molecule has 0 aromatic carbocycles. The molecule has 0 aliphatic rings. The summed E-state index contributed by atoms with van der Waals surface area (Å²) < 4.78 is 0. The second kappa shape index (κ2) is 5.75. The highest BCUT2D eigenvalue weighted by molar-refractivity contribution is 5.87. The fourth-order valence-corrected chi connectivity index (χ4v) is 1.48. The van der Waals surface area contributed by atoms with Crippen molar-refractivity contribution in [1.82, 2.24) is 19.9 Å². The van der Waals surface area contributed by atoms with Crippen LogP contribution in [0.25, 0.3) is 11.6 Å². The van der Waals surface area contributed by atoms with Gasteiger partial charge in [0, 0.05) is 26.5 Å². The van der Waals surface area contributed by atoms with Gasteiger partial charge in [0.2, 0.25) is 11.9 Å². The minimum absolute atomic E-state index is 0.0750. The first-order valence-electron chi connectivity index (χ1n) is 5.81. The van der Waals surface area contributed by atoms with E-state index in [4.69, 9.17) is 5.73 Å². The zero-order chi connectivity index (χ0) is 14.5. The van der Waals surface area contributed by atoms with Gasteiger partial charge < -0.3 is 10.6 Å². The molecule has 7 nitrogen and oxygen atoms in total. The van der Waals surface area contributed by atoms with Crippen LogP contribution in [0, 0.1) is 11.3 Å². The van der Waals surface area contributed by atoms with Gasteiger partial charge in [-0.15, -0.1) is 0 Å². The third-order valence-corrected chi connectivity index (χ3v) is 2.40. The summed E-state index contributed by atoms with van der Waals surface area (Å²) in [5, 5.41) is 9.27. The SMILES string of the molecule is CN(C)c1nc(N)nc(/C(C#N)=C/c2cccnc2)n1. The Morgan fingerprint density at radius 3 is 2.75 bits per heavy atom. The molecule has 0 amide bonds. The molecule has 0 spiro atoms. The molecule has 0 aliphatic carbocycles. The topological polar surface area (TPSA) is 105 Å². The van der Waals surface area contributed by atoms with E-state index >= 15 is 0 Å². The molecule has 0 unspecified atom stereocenters. The number of anilines is 2. The molecule has 0 aliphatic heterocycles. The van der Waals surface area contributed by atoms with Gasteiger partial charge in [0.15, 0.2) is 5.82 Å². The second-order valence-electron chi connectivity index (χ2n) is 4.17. The number of nitrogens with zero attached hydrogens (tertiary/aromatic N) is 6. The van der Waals surface area contributed by atoms with Crippen molar-refractivity contribution in [3.63, 3.8) is 0 Å². The summed E-state index contributed by atoms with van der Waals surface area (Å²) in [5.41, 5.74) is 6.73. The van der Waals surface area contributed by atoms with E-state index < -0.39 is 0 Å². The molecule has 0 fully saturated rings. The maximum absolute atomic E-state index is 9.27. The van der Waals surface area contributed by atoms with Crippen LogP contribution in [-0.4, -0.2) is 34.0 Å². The van der Waals surface area contributed by atoms with E-state index in [-0.39, 0.29) is 11.8 Å². The van der Waals surface area contributed by atoms with Crippen LogP contribution in [0.5, 0.6) is 0 Å². The molecule has 0 saturated carbocycles. The fourth-order valence-electron chi connectivity index (χ4n) is 1.48. The summed E-state index contributed by atoms with van der Waals surface area (Å²) in [5.74, 6) is 0.721. The predicted molar refractivity (Wildman–Crippen MR) is 76.3 cm³/mol. The molecule has 0 radical (unpaired) electrons. The Hall–Kier alpha value is -3.01. The van der Waals surface area contributed by atoms with E-state index in [1.807, 2.05) is 6.07 Å². The molecule has 0 bridgehead atoms. The van der Waals surface area contributed by atoms with E-state index in [2.05, 4.69) is 26.0 Å². The number of nitrogens with two attached hydrogens (primary N) is 1. The average Bonchev–Trinajstić information content (AvgIpc) is 2.45. The van der Waals surface area contributed by atoms with Crippen LogP contribution in [0.2, 0.25) is 0 Å². The normalized spacial score (nSPS) is 10.9. The Balaban J connectivity index is 2.48. The van der Waals surface area contributed by atoms with E-state index in [9.17, 15) is 5.26 Å². The number of hydrogen-bond acceptors (Lipinski definition) is 7. The highest BCUT2D eigenvalue weighted by Crippen LogP contribution is 2.16. The van der Waals surface area contributed by atoms with Crippen LogP contribution in [0.15, 0.2) is 24.5 Å². The van der Waals surface area contributed by atoms with Gasteiger partial charge in [0.05, 0.1) is 5.57 Å². The van der Waals surface area contributed by atoms with Gasteiger partial charge in [0.1, 0.15) is 6.07 Å². The number of nitriles is 1. The fraction of sp³-hybridized carbons (Fsp3) is 0.154. The lowest BCUT2D eigenvalue weighted by Gasteiger charge is -2.10. The van der Waals surface area contributed by atoms with Crippen LogP contribution < -0.4 is 10.6 Å². The van der Waals surface area contributed by atoms with E-state index in [1.165, 1.54) is 0 Å². The Bertz CT molecular complexity index is 671. The molecular formula is C13H13N7. The number of nitrogen functional groups attached to an aromatic ring is 1. The summed E-state index contributed by atoms with van der Waals surface area (Å²) in [7, 11) is 3.57. The summed E-state index contributed by atoms with van der Waals surface area (Å²) in [6, 6.07) is 5.69. The Morgan fingerprint density at radius 1 is 1.35 bits per heavy atom.